The summed E-state index contributed by atoms with van der Waals surface area (Å²) in [6.45, 7) is 13.0. The van der Waals surface area contributed by atoms with Crippen LogP contribution in [0.5, 0.6) is 0 Å². The van der Waals surface area contributed by atoms with Crippen molar-refractivity contribution >= 4 is 34.1 Å². The normalized spacial score (nSPS) is 14.8. The van der Waals surface area contributed by atoms with E-state index in [4.69, 9.17) is 0 Å². The average molecular weight is 885 g/mol. The molecule has 66 heavy (non-hydrogen) atoms. The summed E-state index contributed by atoms with van der Waals surface area (Å²) in [5, 5.41) is 0. The summed E-state index contributed by atoms with van der Waals surface area (Å²) in [6.07, 6.45) is -10.4. The number of halogens is 6. The molecular formula is C58H46F6N2. The molecule has 0 saturated carbocycles. The molecule has 0 amide bonds. The van der Waals surface area contributed by atoms with Crippen LogP contribution in [0.4, 0.5) is 60.5 Å². The Hall–Kier alpha value is -7.06. The molecule has 2 aliphatic rings. The number of hydrogen-bond donors (Lipinski definition) is 0. The predicted octanol–water partition coefficient (Wildman–Crippen LogP) is 17.6. The zero-order chi connectivity index (χ0) is 46.5. The SMILES string of the molecule is Cc1c(-c2cc(-c3ccc(C(F)(F)F)c(C(F)(F)F)c3)cc(-c3cccc(N4c5ccccc5C(C)(C)c5ccccc54)c3C)c2)cccc1N1c2ccccc2C(C)(C)c2ccccc21. The van der Waals surface area contributed by atoms with E-state index < -0.39 is 23.5 Å². The van der Waals surface area contributed by atoms with Gasteiger partial charge in [-0.3, -0.25) is 0 Å². The van der Waals surface area contributed by atoms with Crippen molar-refractivity contribution in [1.82, 2.24) is 0 Å². The number of hydrogen-bond acceptors (Lipinski definition) is 2. The molecule has 10 rings (SSSR count). The molecule has 8 aromatic carbocycles. The van der Waals surface area contributed by atoms with Crippen LogP contribution >= 0.6 is 0 Å². The van der Waals surface area contributed by atoms with Gasteiger partial charge < -0.3 is 9.80 Å². The lowest BCUT2D eigenvalue weighted by molar-refractivity contribution is -0.162. The van der Waals surface area contributed by atoms with E-state index in [0.29, 0.717) is 28.8 Å². The van der Waals surface area contributed by atoms with Gasteiger partial charge in [0, 0.05) is 22.2 Å². The van der Waals surface area contributed by atoms with E-state index >= 15 is 0 Å². The number of rotatable bonds is 5. The molecule has 8 aromatic rings. The molecular weight excluding hydrogens is 839 g/mol. The topological polar surface area (TPSA) is 6.48 Å². The van der Waals surface area contributed by atoms with Crippen LogP contribution in [0.3, 0.4) is 0 Å². The third-order valence-corrected chi connectivity index (χ3v) is 13.9. The fourth-order valence-corrected chi connectivity index (χ4v) is 10.5. The van der Waals surface area contributed by atoms with Crippen LogP contribution < -0.4 is 9.80 Å². The third kappa shape index (κ3) is 6.79. The molecule has 0 unspecified atom stereocenters. The van der Waals surface area contributed by atoms with Gasteiger partial charge in [0.1, 0.15) is 0 Å². The maximum atomic E-state index is 14.5. The lowest BCUT2D eigenvalue weighted by Crippen LogP contribution is -2.30. The Morgan fingerprint density at radius 2 is 0.667 bits per heavy atom. The van der Waals surface area contributed by atoms with Gasteiger partial charge in [0.25, 0.3) is 0 Å². The van der Waals surface area contributed by atoms with Gasteiger partial charge in [-0.2, -0.15) is 26.3 Å². The van der Waals surface area contributed by atoms with Crippen molar-refractivity contribution in [3.63, 3.8) is 0 Å². The van der Waals surface area contributed by atoms with Crippen molar-refractivity contribution in [3.8, 4) is 33.4 Å². The summed E-state index contributed by atoms with van der Waals surface area (Å²) in [5.41, 5.74) is 11.9. The molecule has 0 atom stereocenters. The van der Waals surface area contributed by atoms with Crippen LogP contribution in [0.15, 0.2) is 170 Å². The van der Waals surface area contributed by atoms with E-state index in [9.17, 15) is 26.3 Å². The second-order valence-corrected chi connectivity index (χ2v) is 18.4. The maximum Gasteiger partial charge on any atom is 0.417 e. The predicted molar refractivity (Wildman–Crippen MR) is 256 cm³/mol. The van der Waals surface area contributed by atoms with Crippen LogP contribution in [-0.2, 0) is 23.2 Å². The first-order valence-corrected chi connectivity index (χ1v) is 22.0. The van der Waals surface area contributed by atoms with Gasteiger partial charge in [-0.05, 0) is 147 Å². The van der Waals surface area contributed by atoms with E-state index in [1.165, 1.54) is 22.3 Å². The fourth-order valence-electron chi connectivity index (χ4n) is 10.5. The Morgan fingerprint density at radius 3 is 1.03 bits per heavy atom. The summed E-state index contributed by atoms with van der Waals surface area (Å²) in [6, 6.07) is 53.5. The molecule has 0 aliphatic carbocycles. The molecule has 0 saturated heterocycles. The first kappa shape index (κ1) is 42.9. The minimum atomic E-state index is -5.25. The van der Waals surface area contributed by atoms with Gasteiger partial charge in [0.15, 0.2) is 0 Å². The summed E-state index contributed by atoms with van der Waals surface area (Å²) < 4.78 is 85.9. The van der Waals surface area contributed by atoms with Crippen molar-refractivity contribution in [3.05, 3.63) is 214 Å². The van der Waals surface area contributed by atoms with Crippen LogP contribution in [0.25, 0.3) is 33.4 Å². The van der Waals surface area contributed by atoms with Crippen molar-refractivity contribution < 1.29 is 26.3 Å². The number of para-hydroxylation sites is 4. The quantitative estimate of drug-likeness (QED) is 0.159. The Morgan fingerprint density at radius 1 is 0.333 bits per heavy atom. The number of alkyl halides is 6. The molecule has 2 aliphatic heterocycles. The van der Waals surface area contributed by atoms with Gasteiger partial charge in [0.2, 0.25) is 0 Å². The van der Waals surface area contributed by atoms with Crippen LogP contribution in [0, 0.1) is 13.8 Å². The fraction of sp³-hybridized carbons (Fsp3) is 0.172. The molecule has 2 heterocycles. The molecule has 0 aromatic heterocycles. The van der Waals surface area contributed by atoms with Crippen LogP contribution in [0.1, 0.15) is 72.2 Å². The molecule has 0 radical (unpaired) electrons. The zero-order valence-corrected chi connectivity index (χ0v) is 37.3. The van der Waals surface area contributed by atoms with Gasteiger partial charge >= 0.3 is 12.4 Å². The second-order valence-electron chi connectivity index (χ2n) is 18.4. The Labute approximate surface area is 381 Å². The first-order valence-electron chi connectivity index (χ1n) is 22.0. The minimum Gasteiger partial charge on any atom is -0.310 e. The number of anilines is 6. The largest absolute Gasteiger partial charge is 0.417 e. The Bertz CT molecular complexity index is 2960. The number of fused-ring (bicyclic) bond motifs is 4. The lowest BCUT2D eigenvalue weighted by Gasteiger charge is -2.42. The third-order valence-electron chi connectivity index (χ3n) is 13.9. The van der Waals surface area contributed by atoms with E-state index in [2.05, 4.69) is 122 Å². The van der Waals surface area contributed by atoms with Gasteiger partial charge in [-0.15, -0.1) is 0 Å². The standard InChI is InChI=1S/C58H46F6N2/c1-35-41(17-15-27-49(35)65-51-23-11-7-19-44(51)55(3,4)45-20-8-12-24-52(45)65)39-31-38(37-29-30-43(57(59,60)61)48(34-37)58(62,63)64)32-40(33-39)42-18-16-28-50(36(42)2)66-53-25-13-9-21-46(53)56(5,6)47-22-10-14-26-54(47)66/h7-34H,1-6H3. The van der Waals surface area contributed by atoms with Gasteiger partial charge in [-0.25, -0.2) is 0 Å². The smallest absolute Gasteiger partial charge is 0.310 e. The highest BCUT2D eigenvalue weighted by molar-refractivity contribution is 5.93. The second kappa shape index (κ2) is 15.3. The van der Waals surface area contributed by atoms with Crippen molar-refractivity contribution in [1.29, 1.82) is 0 Å². The van der Waals surface area contributed by atoms with Crippen molar-refractivity contribution in [2.75, 3.05) is 9.80 Å². The summed E-state index contributed by atoms with van der Waals surface area (Å²) in [5.74, 6) is 0. The average Bonchev–Trinajstić information content (AvgIpc) is 3.29. The molecule has 330 valence electrons. The molecule has 8 heteroatoms. The van der Waals surface area contributed by atoms with E-state index in [1.807, 2.05) is 68.4 Å². The van der Waals surface area contributed by atoms with Gasteiger partial charge in [0.05, 0.1) is 33.9 Å². The molecule has 0 bridgehead atoms. The summed E-state index contributed by atoms with van der Waals surface area (Å²) >= 11 is 0. The van der Waals surface area contributed by atoms with Crippen LogP contribution in [0.2, 0.25) is 0 Å². The summed E-state index contributed by atoms with van der Waals surface area (Å²) in [7, 11) is 0. The van der Waals surface area contributed by atoms with Crippen LogP contribution in [-0.4, -0.2) is 0 Å². The highest BCUT2D eigenvalue weighted by Crippen LogP contribution is 2.55. The van der Waals surface area contributed by atoms with E-state index in [-0.39, 0.29) is 16.4 Å². The molecule has 0 N–H and O–H groups in total. The minimum absolute atomic E-state index is 0.0169. The van der Waals surface area contributed by atoms with Gasteiger partial charge in [-0.1, -0.05) is 131 Å². The highest BCUT2D eigenvalue weighted by Gasteiger charge is 2.44. The maximum absolute atomic E-state index is 14.5. The first-order chi connectivity index (χ1) is 31.4. The number of nitrogens with zero attached hydrogens (tertiary/aromatic N) is 2. The monoisotopic (exact) mass is 884 g/mol. The Kier molecular flexibility index (Phi) is 9.91. The Balaban J connectivity index is 1.20. The van der Waals surface area contributed by atoms with E-state index in [1.54, 1.807) is 12.1 Å². The molecule has 2 nitrogen and oxygen atoms in total. The lowest BCUT2D eigenvalue weighted by atomic mass is 9.73. The van der Waals surface area contributed by atoms with Crippen molar-refractivity contribution in [2.45, 2.75) is 64.7 Å². The molecule has 0 spiro atoms. The number of benzene rings is 8. The van der Waals surface area contributed by atoms with Crippen molar-refractivity contribution in [2.24, 2.45) is 0 Å². The summed E-state index contributed by atoms with van der Waals surface area (Å²) in [4.78, 5) is 4.54. The highest BCUT2D eigenvalue weighted by atomic mass is 19.4. The molecule has 0 fully saturated rings. The zero-order valence-electron chi connectivity index (χ0n) is 37.3. The van der Waals surface area contributed by atoms with E-state index in [0.717, 1.165) is 62.4 Å².